The van der Waals surface area contributed by atoms with Crippen molar-refractivity contribution >= 4 is 17.6 Å². The summed E-state index contributed by atoms with van der Waals surface area (Å²) in [7, 11) is 0. The molecule has 100 valence electrons. The molecular weight excluding hydrogens is 244 g/mol. The molecule has 1 fully saturated rings. The molecule has 1 N–H and O–H groups in total. The standard InChI is InChI=1S/C14H22N2OS/c1-3-6-15-14-9-12(4-7-16-14)10-18-13-5-8-17-11(13)2/h4,7,9,11,13H,3,5-6,8,10H2,1-2H3,(H,15,16). The Labute approximate surface area is 114 Å². The first-order chi connectivity index (χ1) is 8.79. The van der Waals surface area contributed by atoms with Crippen molar-refractivity contribution in [3.63, 3.8) is 0 Å². The fraction of sp³-hybridized carbons (Fsp3) is 0.643. The minimum absolute atomic E-state index is 0.398. The van der Waals surface area contributed by atoms with E-state index in [0.717, 1.165) is 31.1 Å². The third-order valence-electron chi connectivity index (χ3n) is 3.15. The highest BCUT2D eigenvalue weighted by Crippen LogP contribution is 2.29. The Morgan fingerprint density at radius 1 is 1.56 bits per heavy atom. The van der Waals surface area contributed by atoms with Gasteiger partial charge in [-0.05, 0) is 37.5 Å². The Morgan fingerprint density at radius 3 is 3.17 bits per heavy atom. The van der Waals surface area contributed by atoms with Crippen LogP contribution in [0, 0.1) is 0 Å². The van der Waals surface area contributed by atoms with E-state index in [1.54, 1.807) is 0 Å². The van der Waals surface area contributed by atoms with Gasteiger partial charge < -0.3 is 10.1 Å². The number of anilines is 1. The Kier molecular flexibility index (Phi) is 5.32. The zero-order valence-corrected chi connectivity index (χ0v) is 12.0. The van der Waals surface area contributed by atoms with Crippen LogP contribution in [0.2, 0.25) is 0 Å². The first kappa shape index (κ1) is 13.7. The van der Waals surface area contributed by atoms with E-state index in [9.17, 15) is 0 Å². The quantitative estimate of drug-likeness (QED) is 0.856. The van der Waals surface area contributed by atoms with Gasteiger partial charge in [0.25, 0.3) is 0 Å². The second kappa shape index (κ2) is 7.00. The number of rotatable bonds is 6. The SMILES string of the molecule is CCCNc1cc(CSC2CCOC2C)ccn1. The van der Waals surface area contributed by atoms with Gasteiger partial charge in [0.05, 0.1) is 6.10 Å². The highest BCUT2D eigenvalue weighted by molar-refractivity contribution is 7.99. The summed E-state index contributed by atoms with van der Waals surface area (Å²) in [5.41, 5.74) is 1.34. The second-order valence-electron chi connectivity index (χ2n) is 4.69. The smallest absolute Gasteiger partial charge is 0.126 e. The average Bonchev–Trinajstić information content (AvgIpc) is 2.80. The molecule has 4 heteroatoms. The van der Waals surface area contributed by atoms with Crippen molar-refractivity contribution in [1.29, 1.82) is 0 Å². The summed E-state index contributed by atoms with van der Waals surface area (Å²) >= 11 is 2.00. The van der Waals surface area contributed by atoms with Gasteiger partial charge in [0.1, 0.15) is 5.82 Å². The van der Waals surface area contributed by atoms with Crippen LogP contribution in [0.3, 0.4) is 0 Å². The van der Waals surface area contributed by atoms with Crippen LogP contribution in [0.1, 0.15) is 32.3 Å². The molecule has 2 unspecified atom stereocenters. The van der Waals surface area contributed by atoms with Gasteiger partial charge in [-0.25, -0.2) is 4.98 Å². The van der Waals surface area contributed by atoms with Gasteiger partial charge in [-0.15, -0.1) is 0 Å². The van der Waals surface area contributed by atoms with Crippen LogP contribution in [-0.2, 0) is 10.5 Å². The molecule has 1 aliphatic rings. The number of nitrogens with one attached hydrogen (secondary N) is 1. The fourth-order valence-corrected chi connectivity index (χ4v) is 3.25. The first-order valence-corrected chi connectivity index (χ1v) is 7.76. The van der Waals surface area contributed by atoms with Crippen LogP contribution < -0.4 is 5.32 Å². The Morgan fingerprint density at radius 2 is 2.44 bits per heavy atom. The number of pyridine rings is 1. The van der Waals surface area contributed by atoms with Gasteiger partial charge in [-0.1, -0.05) is 6.92 Å². The lowest BCUT2D eigenvalue weighted by Crippen LogP contribution is -2.13. The molecule has 0 saturated carbocycles. The third kappa shape index (κ3) is 3.89. The molecule has 1 aromatic heterocycles. The summed E-state index contributed by atoms with van der Waals surface area (Å²) in [5.74, 6) is 2.03. The van der Waals surface area contributed by atoms with E-state index in [2.05, 4.69) is 36.3 Å². The third-order valence-corrected chi connectivity index (χ3v) is 4.70. The maximum Gasteiger partial charge on any atom is 0.126 e. The molecule has 0 radical (unpaired) electrons. The van der Waals surface area contributed by atoms with E-state index in [1.807, 2.05) is 18.0 Å². The maximum atomic E-state index is 5.59. The first-order valence-electron chi connectivity index (χ1n) is 6.71. The fourth-order valence-electron chi connectivity index (χ4n) is 2.05. The number of ether oxygens (including phenoxy) is 1. The van der Waals surface area contributed by atoms with Gasteiger partial charge >= 0.3 is 0 Å². The van der Waals surface area contributed by atoms with E-state index >= 15 is 0 Å². The van der Waals surface area contributed by atoms with Crippen LogP contribution in [0.4, 0.5) is 5.82 Å². The molecule has 1 aromatic rings. The molecule has 2 rings (SSSR count). The zero-order valence-electron chi connectivity index (χ0n) is 11.2. The maximum absolute atomic E-state index is 5.59. The van der Waals surface area contributed by atoms with Crippen molar-refractivity contribution < 1.29 is 4.74 Å². The number of thioether (sulfide) groups is 1. The van der Waals surface area contributed by atoms with E-state index in [4.69, 9.17) is 4.74 Å². The lowest BCUT2D eigenvalue weighted by Gasteiger charge is -2.13. The van der Waals surface area contributed by atoms with Crippen LogP contribution in [0.15, 0.2) is 18.3 Å². The monoisotopic (exact) mass is 266 g/mol. The molecule has 3 nitrogen and oxygen atoms in total. The summed E-state index contributed by atoms with van der Waals surface area (Å²) in [6, 6.07) is 4.26. The zero-order chi connectivity index (χ0) is 12.8. The number of nitrogens with zero attached hydrogens (tertiary/aromatic N) is 1. The molecule has 2 atom stereocenters. The minimum atomic E-state index is 0.398. The van der Waals surface area contributed by atoms with E-state index in [0.29, 0.717) is 11.4 Å². The highest BCUT2D eigenvalue weighted by atomic mass is 32.2. The molecular formula is C14H22N2OS. The van der Waals surface area contributed by atoms with Crippen molar-refractivity contribution in [1.82, 2.24) is 4.98 Å². The summed E-state index contributed by atoms with van der Waals surface area (Å²) < 4.78 is 5.59. The number of aromatic nitrogens is 1. The number of hydrogen-bond donors (Lipinski definition) is 1. The van der Waals surface area contributed by atoms with Crippen molar-refractivity contribution in [2.24, 2.45) is 0 Å². The molecule has 0 spiro atoms. The van der Waals surface area contributed by atoms with Gasteiger partial charge in [0.15, 0.2) is 0 Å². The summed E-state index contributed by atoms with van der Waals surface area (Å²) in [6.07, 6.45) is 4.59. The molecule has 0 bridgehead atoms. The minimum Gasteiger partial charge on any atom is -0.377 e. The topological polar surface area (TPSA) is 34.1 Å². The van der Waals surface area contributed by atoms with E-state index < -0.39 is 0 Å². The van der Waals surface area contributed by atoms with Crippen LogP contribution >= 0.6 is 11.8 Å². The lowest BCUT2D eigenvalue weighted by molar-refractivity contribution is 0.127. The normalized spacial score (nSPS) is 23.2. The van der Waals surface area contributed by atoms with E-state index in [-0.39, 0.29) is 0 Å². The molecule has 0 amide bonds. The highest BCUT2D eigenvalue weighted by Gasteiger charge is 2.24. The van der Waals surface area contributed by atoms with Crippen LogP contribution in [-0.4, -0.2) is 29.5 Å². The second-order valence-corrected chi connectivity index (χ2v) is 5.92. The van der Waals surface area contributed by atoms with Gasteiger partial charge in [0.2, 0.25) is 0 Å². The van der Waals surface area contributed by atoms with Crippen molar-refractivity contribution in [3.05, 3.63) is 23.9 Å². The molecule has 2 heterocycles. The van der Waals surface area contributed by atoms with Crippen molar-refractivity contribution in [3.8, 4) is 0 Å². The molecule has 1 saturated heterocycles. The Balaban J connectivity index is 1.84. The van der Waals surface area contributed by atoms with Crippen LogP contribution in [0.5, 0.6) is 0 Å². The number of hydrogen-bond acceptors (Lipinski definition) is 4. The molecule has 18 heavy (non-hydrogen) atoms. The molecule has 0 aromatic carbocycles. The van der Waals surface area contributed by atoms with Crippen molar-refractivity contribution in [2.75, 3.05) is 18.5 Å². The largest absolute Gasteiger partial charge is 0.377 e. The van der Waals surface area contributed by atoms with Crippen molar-refractivity contribution in [2.45, 2.75) is 43.8 Å². The molecule has 1 aliphatic heterocycles. The molecule has 0 aliphatic carbocycles. The average molecular weight is 266 g/mol. The van der Waals surface area contributed by atoms with Crippen LogP contribution in [0.25, 0.3) is 0 Å². The summed E-state index contributed by atoms with van der Waals surface area (Å²) in [5, 5.41) is 3.97. The predicted molar refractivity (Wildman–Crippen MR) is 78.1 cm³/mol. The Hall–Kier alpha value is -0.740. The van der Waals surface area contributed by atoms with Gasteiger partial charge in [-0.3, -0.25) is 0 Å². The van der Waals surface area contributed by atoms with Gasteiger partial charge in [-0.2, -0.15) is 11.8 Å². The predicted octanol–water partition coefficient (Wildman–Crippen LogP) is 3.31. The van der Waals surface area contributed by atoms with Gasteiger partial charge in [0, 0.05) is 30.4 Å². The Bertz CT molecular complexity index is 373. The summed E-state index contributed by atoms with van der Waals surface area (Å²) in [4.78, 5) is 4.33. The lowest BCUT2D eigenvalue weighted by atomic mass is 10.2. The summed E-state index contributed by atoms with van der Waals surface area (Å²) in [6.45, 7) is 6.23. The van der Waals surface area contributed by atoms with E-state index in [1.165, 1.54) is 12.0 Å².